The van der Waals surface area contributed by atoms with Crippen LogP contribution in [-0.2, 0) is 0 Å². The Balaban J connectivity index is 1.76. The zero-order chi connectivity index (χ0) is 22.5. The van der Waals surface area contributed by atoms with Gasteiger partial charge in [-0.25, -0.2) is 0 Å². The number of para-hydroxylation sites is 1. The maximum atomic E-state index is 5.75. The predicted octanol–water partition coefficient (Wildman–Crippen LogP) is 6.52. The average Bonchev–Trinajstić information content (AvgIpc) is 2.87. The van der Waals surface area contributed by atoms with Crippen molar-refractivity contribution >= 4 is 0 Å². The highest BCUT2D eigenvalue weighted by atomic mass is 16.5. The van der Waals surface area contributed by atoms with Crippen LogP contribution in [0.25, 0.3) is 33.4 Å². The molecule has 0 heterocycles. The molecule has 0 saturated carbocycles. The third kappa shape index (κ3) is 4.12. The summed E-state index contributed by atoms with van der Waals surface area (Å²) in [5.74, 6) is 3.05. The fourth-order valence-electron chi connectivity index (χ4n) is 3.81. The molecule has 0 aliphatic carbocycles. The van der Waals surface area contributed by atoms with E-state index in [4.69, 9.17) is 18.9 Å². The second-order valence-corrected chi connectivity index (χ2v) is 7.18. The minimum Gasteiger partial charge on any atom is -0.496 e. The topological polar surface area (TPSA) is 36.9 Å². The van der Waals surface area contributed by atoms with Crippen LogP contribution < -0.4 is 18.9 Å². The summed E-state index contributed by atoms with van der Waals surface area (Å²) in [7, 11) is 6.68. The Bertz CT molecular complexity index is 1230. The van der Waals surface area contributed by atoms with Gasteiger partial charge in [0.25, 0.3) is 0 Å². The number of benzene rings is 4. The van der Waals surface area contributed by atoms with Gasteiger partial charge in [0, 0.05) is 22.8 Å². The van der Waals surface area contributed by atoms with Crippen LogP contribution in [0.15, 0.2) is 78.9 Å². The van der Waals surface area contributed by atoms with Gasteiger partial charge in [-0.05, 0) is 47.0 Å². The SMILES string of the molecule is COc1[c]ccc(-c2ccc(-c3ccc(-c4ccccc4OC)cc3OC)cc2OC)c1. The van der Waals surface area contributed by atoms with E-state index in [-0.39, 0.29) is 0 Å². The van der Waals surface area contributed by atoms with E-state index in [1.165, 1.54) is 0 Å². The van der Waals surface area contributed by atoms with Crippen molar-refractivity contribution in [3.8, 4) is 56.4 Å². The minimum atomic E-state index is 0.683. The monoisotopic (exact) mass is 425 g/mol. The summed E-state index contributed by atoms with van der Waals surface area (Å²) < 4.78 is 22.3. The average molecular weight is 426 g/mol. The summed E-state index contributed by atoms with van der Waals surface area (Å²) >= 11 is 0. The van der Waals surface area contributed by atoms with Crippen molar-refractivity contribution in [2.24, 2.45) is 0 Å². The van der Waals surface area contributed by atoms with Gasteiger partial charge in [-0.2, -0.15) is 0 Å². The van der Waals surface area contributed by atoms with Gasteiger partial charge in [0.2, 0.25) is 0 Å². The molecule has 4 aromatic carbocycles. The van der Waals surface area contributed by atoms with Crippen LogP contribution in [0.2, 0.25) is 0 Å². The lowest BCUT2D eigenvalue weighted by molar-refractivity contribution is 0.413. The molecule has 0 N–H and O–H groups in total. The van der Waals surface area contributed by atoms with Crippen LogP contribution in [0, 0.1) is 6.07 Å². The first kappa shape index (κ1) is 21.3. The summed E-state index contributed by atoms with van der Waals surface area (Å²) in [5, 5.41) is 0. The highest BCUT2D eigenvalue weighted by molar-refractivity contribution is 5.82. The van der Waals surface area contributed by atoms with E-state index in [0.29, 0.717) is 5.75 Å². The Kier molecular flexibility index (Phi) is 6.31. The molecule has 161 valence electrons. The van der Waals surface area contributed by atoms with Crippen molar-refractivity contribution in [3.05, 3.63) is 84.9 Å². The van der Waals surface area contributed by atoms with Crippen LogP contribution in [0.5, 0.6) is 23.0 Å². The molecule has 0 spiro atoms. The van der Waals surface area contributed by atoms with Crippen LogP contribution in [0.1, 0.15) is 0 Å². The first-order valence-corrected chi connectivity index (χ1v) is 10.2. The van der Waals surface area contributed by atoms with Crippen molar-refractivity contribution in [2.45, 2.75) is 0 Å². The molecular weight excluding hydrogens is 400 g/mol. The Morgan fingerprint density at radius 2 is 1.03 bits per heavy atom. The molecule has 0 bridgehead atoms. The molecule has 32 heavy (non-hydrogen) atoms. The van der Waals surface area contributed by atoms with E-state index in [0.717, 1.165) is 50.6 Å². The van der Waals surface area contributed by atoms with Crippen LogP contribution in [0.3, 0.4) is 0 Å². The molecule has 0 aliphatic heterocycles. The van der Waals surface area contributed by atoms with Gasteiger partial charge >= 0.3 is 0 Å². The summed E-state index contributed by atoms with van der Waals surface area (Å²) in [5.41, 5.74) is 6.01. The zero-order valence-corrected chi connectivity index (χ0v) is 18.6. The minimum absolute atomic E-state index is 0.683. The van der Waals surface area contributed by atoms with E-state index in [1.54, 1.807) is 28.4 Å². The van der Waals surface area contributed by atoms with Crippen LogP contribution in [-0.4, -0.2) is 28.4 Å². The summed E-state index contributed by atoms with van der Waals surface area (Å²) in [6, 6.07) is 29.1. The van der Waals surface area contributed by atoms with Crippen molar-refractivity contribution in [1.29, 1.82) is 0 Å². The van der Waals surface area contributed by atoms with E-state index >= 15 is 0 Å². The first-order valence-electron chi connectivity index (χ1n) is 10.2. The lowest BCUT2D eigenvalue weighted by atomic mass is 9.96. The van der Waals surface area contributed by atoms with Crippen molar-refractivity contribution in [1.82, 2.24) is 0 Å². The van der Waals surface area contributed by atoms with Gasteiger partial charge in [0.05, 0.1) is 28.4 Å². The Morgan fingerprint density at radius 1 is 0.500 bits per heavy atom. The maximum Gasteiger partial charge on any atom is 0.127 e. The van der Waals surface area contributed by atoms with Crippen molar-refractivity contribution in [3.63, 3.8) is 0 Å². The second-order valence-electron chi connectivity index (χ2n) is 7.18. The third-order valence-electron chi connectivity index (χ3n) is 5.44. The van der Waals surface area contributed by atoms with Crippen molar-refractivity contribution < 1.29 is 18.9 Å². The molecule has 0 atom stereocenters. The number of rotatable bonds is 7. The molecule has 0 fully saturated rings. The van der Waals surface area contributed by atoms with E-state index in [9.17, 15) is 0 Å². The molecule has 0 aromatic heterocycles. The number of methoxy groups -OCH3 is 4. The van der Waals surface area contributed by atoms with Gasteiger partial charge in [-0.3, -0.25) is 0 Å². The highest BCUT2D eigenvalue weighted by Crippen LogP contribution is 2.40. The number of ether oxygens (including phenoxy) is 4. The molecule has 4 aromatic rings. The summed E-state index contributed by atoms with van der Waals surface area (Å²) in [6.07, 6.45) is 0. The molecule has 1 radical (unpaired) electrons. The van der Waals surface area contributed by atoms with Gasteiger partial charge in [-0.15, -0.1) is 0 Å². The Labute approximate surface area is 189 Å². The smallest absolute Gasteiger partial charge is 0.127 e. The largest absolute Gasteiger partial charge is 0.496 e. The molecule has 4 nitrogen and oxygen atoms in total. The number of hydrogen-bond acceptors (Lipinski definition) is 4. The molecule has 0 aliphatic rings. The van der Waals surface area contributed by atoms with E-state index in [2.05, 4.69) is 30.3 Å². The summed E-state index contributed by atoms with van der Waals surface area (Å²) in [4.78, 5) is 0. The fraction of sp³-hybridized carbons (Fsp3) is 0.143. The van der Waals surface area contributed by atoms with Crippen LogP contribution >= 0.6 is 0 Å². The number of hydrogen-bond donors (Lipinski definition) is 0. The van der Waals surface area contributed by atoms with Gasteiger partial charge in [0.15, 0.2) is 0 Å². The zero-order valence-electron chi connectivity index (χ0n) is 18.6. The molecule has 4 heteroatoms. The Hall–Kier alpha value is -3.92. The standard InChI is InChI=1S/C28H25O4/c1-29-22-9-7-8-19(16-22)24-14-13-21(18-27(24)31-3)25-15-12-20(17-28(25)32-4)23-10-5-6-11-26(23)30-2/h5-8,10-18H,1-4H3. The van der Waals surface area contributed by atoms with Gasteiger partial charge in [0.1, 0.15) is 23.0 Å². The quantitative estimate of drug-likeness (QED) is 0.338. The second kappa shape index (κ2) is 9.48. The lowest BCUT2D eigenvalue weighted by Gasteiger charge is -2.15. The fourth-order valence-corrected chi connectivity index (χ4v) is 3.81. The normalized spacial score (nSPS) is 10.5. The summed E-state index contributed by atoms with van der Waals surface area (Å²) in [6.45, 7) is 0. The Morgan fingerprint density at radius 3 is 1.59 bits per heavy atom. The van der Waals surface area contributed by atoms with E-state index < -0.39 is 0 Å². The molecule has 0 unspecified atom stereocenters. The van der Waals surface area contributed by atoms with E-state index in [1.807, 2.05) is 54.6 Å². The molecule has 4 rings (SSSR count). The van der Waals surface area contributed by atoms with Gasteiger partial charge < -0.3 is 18.9 Å². The lowest BCUT2D eigenvalue weighted by Crippen LogP contribution is -1.93. The highest BCUT2D eigenvalue weighted by Gasteiger charge is 2.14. The van der Waals surface area contributed by atoms with Crippen molar-refractivity contribution in [2.75, 3.05) is 28.4 Å². The maximum absolute atomic E-state index is 5.75. The predicted molar refractivity (Wildman–Crippen MR) is 128 cm³/mol. The van der Waals surface area contributed by atoms with Gasteiger partial charge in [-0.1, -0.05) is 48.5 Å². The van der Waals surface area contributed by atoms with Crippen LogP contribution in [0.4, 0.5) is 0 Å². The molecule has 0 amide bonds. The molecule has 0 saturated heterocycles. The third-order valence-corrected chi connectivity index (χ3v) is 5.44. The first-order chi connectivity index (χ1) is 15.7. The molecular formula is C28H25O4.